The lowest BCUT2D eigenvalue weighted by atomic mass is 9.99. The molecule has 2 N–H and O–H groups in total. The Morgan fingerprint density at radius 3 is 2.68 bits per heavy atom. The van der Waals surface area contributed by atoms with Gasteiger partial charge < -0.3 is 24.7 Å². The van der Waals surface area contributed by atoms with E-state index in [1.807, 2.05) is 12.2 Å². The molecule has 8 heteroatoms. The Morgan fingerprint density at radius 1 is 1.15 bits per heavy atom. The van der Waals surface area contributed by atoms with Gasteiger partial charge in [0.05, 0.1) is 5.71 Å². The Bertz CT molecular complexity index is 962. The van der Waals surface area contributed by atoms with Crippen LogP contribution in [0.25, 0.3) is 0 Å². The van der Waals surface area contributed by atoms with E-state index in [4.69, 9.17) is 9.57 Å². The monoisotopic (exact) mass is 470 g/mol. The maximum Gasteiger partial charge on any atom is 0.342 e. The number of likely N-dealkylation sites (tertiary alicyclic amines) is 1. The number of hydrogen-bond donors (Lipinski definition) is 2. The molecule has 1 fully saturated rings. The van der Waals surface area contributed by atoms with E-state index < -0.39 is 5.97 Å². The second-order valence-corrected chi connectivity index (χ2v) is 8.97. The molecule has 0 aliphatic carbocycles. The number of cyclic esters (lactones) is 1. The first-order valence-corrected chi connectivity index (χ1v) is 11.9. The van der Waals surface area contributed by atoms with Gasteiger partial charge in [-0.15, -0.1) is 0 Å². The number of ether oxygens (including phenoxy) is 1. The van der Waals surface area contributed by atoms with Gasteiger partial charge in [-0.05, 0) is 56.2 Å². The molecule has 0 spiro atoms. The van der Waals surface area contributed by atoms with Crippen LogP contribution in [-0.2, 0) is 20.8 Å². The van der Waals surface area contributed by atoms with Crippen LogP contribution in [0.1, 0.15) is 61.9 Å². The maximum absolute atomic E-state index is 12.8. The number of carbonyl (C=O) groups is 2. The molecule has 2 heterocycles. The SMILES string of the molecule is C[C@@H]1C/C=C/[C@H](C)C/C=C/C(=N/OCC(=O)N2CCCCC2)Cc2cc(O)cc(O)c2C(=O)O1. The first kappa shape index (κ1) is 25.3. The lowest BCUT2D eigenvalue weighted by Gasteiger charge is -2.26. The molecule has 2 aliphatic rings. The number of allylic oxidation sites excluding steroid dienone is 3. The molecule has 8 nitrogen and oxygen atoms in total. The van der Waals surface area contributed by atoms with E-state index in [0.717, 1.165) is 44.8 Å². The van der Waals surface area contributed by atoms with E-state index in [-0.39, 0.29) is 48.0 Å². The van der Waals surface area contributed by atoms with Crippen molar-refractivity contribution in [2.75, 3.05) is 19.7 Å². The van der Waals surface area contributed by atoms with Gasteiger partial charge in [0.2, 0.25) is 0 Å². The number of benzene rings is 1. The van der Waals surface area contributed by atoms with Gasteiger partial charge in [0.25, 0.3) is 5.91 Å². The molecule has 0 bridgehead atoms. The minimum absolute atomic E-state index is 0.0236. The molecule has 1 saturated heterocycles. The quantitative estimate of drug-likeness (QED) is 0.391. The molecule has 2 atom stereocenters. The number of rotatable bonds is 3. The van der Waals surface area contributed by atoms with Crippen molar-refractivity contribution in [3.63, 3.8) is 0 Å². The topological polar surface area (TPSA) is 109 Å². The van der Waals surface area contributed by atoms with Gasteiger partial charge in [-0.1, -0.05) is 30.3 Å². The van der Waals surface area contributed by atoms with Crippen molar-refractivity contribution in [1.82, 2.24) is 4.90 Å². The fraction of sp³-hybridized carbons (Fsp3) is 0.500. The summed E-state index contributed by atoms with van der Waals surface area (Å²) in [6.07, 6.45) is 11.9. The maximum atomic E-state index is 12.8. The van der Waals surface area contributed by atoms with Crippen molar-refractivity contribution in [3.05, 3.63) is 47.6 Å². The number of oxime groups is 1. The minimum Gasteiger partial charge on any atom is -0.508 e. The number of hydrogen-bond acceptors (Lipinski definition) is 7. The second kappa shape index (κ2) is 12.3. The molecule has 2 aliphatic heterocycles. The Morgan fingerprint density at radius 2 is 1.91 bits per heavy atom. The highest BCUT2D eigenvalue weighted by Crippen LogP contribution is 2.29. The summed E-state index contributed by atoms with van der Waals surface area (Å²) in [6.45, 7) is 5.16. The summed E-state index contributed by atoms with van der Waals surface area (Å²) in [5.74, 6) is -1.07. The lowest BCUT2D eigenvalue weighted by molar-refractivity contribution is -0.137. The molecule has 0 radical (unpaired) electrons. The van der Waals surface area contributed by atoms with E-state index in [1.165, 1.54) is 6.07 Å². The molecule has 0 saturated carbocycles. The molecule has 0 unspecified atom stereocenters. The van der Waals surface area contributed by atoms with Crippen LogP contribution in [0.5, 0.6) is 11.5 Å². The highest BCUT2D eigenvalue weighted by Gasteiger charge is 2.22. The zero-order valence-corrected chi connectivity index (χ0v) is 19.9. The number of amides is 1. The lowest BCUT2D eigenvalue weighted by Crippen LogP contribution is -2.37. The first-order chi connectivity index (χ1) is 16.3. The number of esters is 1. The van der Waals surface area contributed by atoms with E-state index in [9.17, 15) is 19.8 Å². The van der Waals surface area contributed by atoms with Crippen LogP contribution in [-0.4, -0.2) is 58.5 Å². The summed E-state index contributed by atoms with van der Waals surface area (Å²) in [5, 5.41) is 24.6. The average molecular weight is 471 g/mol. The van der Waals surface area contributed by atoms with Crippen molar-refractivity contribution in [1.29, 1.82) is 0 Å². The summed E-state index contributed by atoms with van der Waals surface area (Å²) in [4.78, 5) is 32.4. The molecule has 1 amide bonds. The largest absolute Gasteiger partial charge is 0.508 e. The van der Waals surface area contributed by atoms with Gasteiger partial charge in [-0.3, -0.25) is 4.79 Å². The number of carbonyl (C=O) groups excluding carboxylic acids is 2. The van der Waals surface area contributed by atoms with Crippen LogP contribution in [0, 0.1) is 5.92 Å². The molecule has 1 aromatic rings. The molecule has 34 heavy (non-hydrogen) atoms. The number of phenols is 2. The normalized spacial score (nSPS) is 25.1. The van der Waals surface area contributed by atoms with Crippen LogP contribution in [0.2, 0.25) is 0 Å². The van der Waals surface area contributed by atoms with Gasteiger partial charge in [0.1, 0.15) is 23.2 Å². The van der Waals surface area contributed by atoms with E-state index in [1.54, 1.807) is 17.9 Å². The Hall–Kier alpha value is -3.29. The van der Waals surface area contributed by atoms with Gasteiger partial charge in [0.15, 0.2) is 6.61 Å². The van der Waals surface area contributed by atoms with Crippen molar-refractivity contribution in [2.24, 2.45) is 11.1 Å². The smallest absolute Gasteiger partial charge is 0.342 e. The third kappa shape index (κ3) is 7.37. The highest BCUT2D eigenvalue weighted by atomic mass is 16.6. The number of phenolic OH excluding ortho intramolecular Hbond substituents is 2. The summed E-state index contributed by atoms with van der Waals surface area (Å²) in [5.41, 5.74) is 0.779. The van der Waals surface area contributed by atoms with Gasteiger partial charge >= 0.3 is 5.97 Å². The van der Waals surface area contributed by atoms with Crippen LogP contribution >= 0.6 is 0 Å². The van der Waals surface area contributed by atoms with Gasteiger partial charge in [-0.2, -0.15) is 0 Å². The van der Waals surface area contributed by atoms with E-state index in [0.29, 0.717) is 17.7 Å². The standard InChI is InChI=1S/C26H34N2O6/c1-18-8-6-10-19(2)34-26(32)25-20(15-22(29)16-23(25)30)14-21(11-7-9-18)27-33-17-24(31)28-12-4-3-5-13-28/h6-8,11,15-16,18-19,29-30H,3-5,9-10,12-14,17H2,1-2H3/b8-6+,11-7+,27-21-/t18-,19+/m0/s1. The number of fused-ring (bicyclic) bond motifs is 1. The summed E-state index contributed by atoms with van der Waals surface area (Å²) in [7, 11) is 0. The van der Waals surface area contributed by atoms with Crippen molar-refractivity contribution >= 4 is 17.6 Å². The van der Waals surface area contributed by atoms with Crippen molar-refractivity contribution < 1.29 is 29.4 Å². The van der Waals surface area contributed by atoms with Crippen LogP contribution < -0.4 is 0 Å². The number of nitrogens with zero attached hydrogens (tertiary/aromatic N) is 2. The van der Waals surface area contributed by atoms with Crippen LogP contribution in [0.3, 0.4) is 0 Å². The molecule has 0 aromatic heterocycles. The van der Waals surface area contributed by atoms with Crippen molar-refractivity contribution in [2.45, 2.75) is 58.5 Å². The molecular weight excluding hydrogens is 436 g/mol. The number of aromatic hydroxyl groups is 2. The summed E-state index contributed by atoms with van der Waals surface area (Å²) in [6, 6.07) is 2.51. The molecule has 3 rings (SSSR count). The Kier molecular flexibility index (Phi) is 9.13. The predicted molar refractivity (Wildman–Crippen MR) is 129 cm³/mol. The first-order valence-electron chi connectivity index (χ1n) is 11.9. The molecular formula is C26H34N2O6. The Balaban J connectivity index is 1.86. The van der Waals surface area contributed by atoms with Gasteiger partial charge in [-0.25, -0.2) is 4.79 Å². The third-order valence-electron chi connectivity index (χ3n) is 5.90. The summed E-state index contributed by atoms with van der Waals surface area (Å²) >= 11 is 0. The van der Waals surface area contributed by atoms with Gasteiger partial charge in [0, 0.05) is 32.0 Å². The van der Waals surface area contributed by atoms with E-state index >= 15 is 0 Å². The van der Waals surface area contributed by atoms with Crippen molar-refractivity contribution in [3.8, 4) is 11.5 Å². The second-order valence-electron chi connectivity index (χ2n) is 8.97. The number of piperidine rings is 1. The minimum atomic E-state index is -0.678. The zero-order chi connectivity index (χ0) is 24.5. The zero-order valence-electron chi connectivity index (χ0n) is 19.9. The fourth-order valence-electron chi connectivity index (χ4n) is 4.06. The predicted octanol–water partition coefficient (Wildman–Crippen LogP) is 4.11. The summed E-state index contributed by atoms with van der Waals surface area (Å²) < 4.78 is 5.52. The fourth-order valence-corrected chi connectivity index (χ4v) is 4.06. The molecule has 1 aromatic carbocycles. The highest BCUT2D eigenvalue weighted by molar-refractivity contribution is 6.00. The average Bonchev–Trinajstić information content (AvgIpc) is 2.78. The van der Waals surface area contributed by atoms with Crippen LogP contribution in [0.4, 0.5) is 0 Å². The van der Waals surface area contributed by atoms with Crippen LogP contribution in [0.15, 0.2) is 41.6 Å². The van der Waals surface area contributed by atoms with E-state index in [2.05, 4.69) is 18.2 Å². The third-order valence-corrected chi connectivity index (χ3v) is 5.90. The molecule has 184 valence electrons. The Labute approximate surface area is 200 Å².